The molecular formula is C14H25NOS. The van der Waals surface area contributed by atoms with Crippen LogP contribution >= 0.6 is 11.3 Å². The maximum Gasteiger partial charge on any atom is 0.106 e. The summed E-state index contributed by atoms with van der Waals surface area (Å²) in [5.74, 6) is 0. The van der Waals surface area contributed by atoms with Gasteiger partial charge in [0.05, 0.1) is 0 Å². The van der Waals surface area contributed by atoms with Gasteiger partial charge in [0.15, 0.2) is 0 Å². The van der Waals surface area contributed by atoms with E-state index < -0.39 is 0 Å². The van der Waals surface area contributed by atoms with E-state index in [0.717, 1.165) is 13.0 Å². The van der Waals surface area contributed by atoms with Crippen molar-refractivity contribution in [3.8, 4) is 0 Å². The predicted molar refractivity (Wildman–Crippen MR) is 75.5 cm³/mol. The van der Waals surface area contributed by atoms with E-state index in [4.69, 9.17) is 10.5 Å². The van der Waals surface area contributed by atoms with E-state index in [1.54, 1.807) is 11.3 Å². The molecule has 0 fully saturated rings. The first-order valence-corrected chi connectivity index (χ1v) is 7.40. The van der Waals surface area contributed by atoms with Crippen molar-refractivity contribution in [2.45, 2.75) is 58.6 Å². The molecule has 0 saturated heterocycles. The summed E-state index contributed by atoms with van der Waals surface area (Å²) in [4.78, 5) is 2.58. The van der Waals surface area contributed by atoms with E-state index in [1.807, 2.05) is 6.92 Å². The van der Waals surface area contributed by atoms with Crippen LogP contribution in [0.1, 0.15) is 55.4 Å². The predicted octanol–water partition coefficient (Wildman–Crippen LogP) is 4.04. The summed E-state index contributed by atoms with van der Waals surface area (Å²) in [5, 5.41) is 0. The van der Waals surface area contributed by atoms with E-state index in [2.05, 4.69) is 26.0 Å². The topological polar surface area (TPSA) is 35.2 Å². The Morgan fingerprint density at radius 2 is 2.06 bits per heavy atom. The summed E-state index contributed by atoms with van der Waals surface area (Å²) < 4.78 is 5.93. The zero-order chi connectivity index (χ0) is 12.7. The van der Waals surface area contributed by atoms with E-state index >= 15 is 0 Å². The van der Waals surface area contributed by atoms with Crippen molar-refractivity contribution in [1.82, 2.24) is 0 Å². The summed E-state index contributed by atoms with van der Waals surface area (Å²) in [6, 6.07) is 4.33. The first-order chi connectivity index (χ1) is 8.15. The molecule has 2 N–H and O–H groups in total. The zero-order valence-electron chi connectivity index (χ0n) is 11.2. The Kier molecular flexibility index (Phi) is 6.78. The number of aryl methyl sites for hydroxylation is 1. The minimum absolute atomic E-state index is 0.0548. The molecule has 3 heteroatoms. The Bertz CT molecular complexity index is 309. The number of nitrogens with two attached hydrogens (primary N) is 1. The fourth-order valence-electron chi connectivity index (χ4n) is 1.84. The van der Waals surface area contributed by atoms with Crippen molar-refractivity contribution < 1.29 is 4.74 Å². The highest BCUT2D eigenvalue weighted by Gasteiger charge is 2.18. The van der Waals surface area contributed by atoms with Crippen molar-refractivity contribution in [3.63, 3.8) is 0 Å². The van der Waals surface area contributed by atoms with Gasteiger partial charge in [0.2, 0.25) is 0 Å². The Morgan fingerprint density at radius 1 is 1.29 bits per heavy atom. The average Bonchev–Trinajstić information content (AvgIpc) is 2.69. The van der Waals surface area contributed by atoms with E-state index in [-0.39, 0.29) is 12.1 Å². The summed E-state index contributed by atoms with van der Waals surface area (Å²) in [6.07, 6.45) is 5.02. The van der Waals surface area contributed by atoms with Gasteiger partial charge in [-0.05, 0) is 32.4 Å². The molecule has 1 aromatic heterocycles. The van der Waals surface area contributed by atoms with Gasteiger partial charge in [-0.2, -0.15) is 0 Å². The fourth-order valence-corrected chi connectivity index (χ4v) is 2.88. The maximum atomic E-state index is 6.00. The minimum Gasteiger partial charge on any atom is -0.371 e. The molecule has 1 rings (SSSR count). The second-order valence-corrected chi connectivity index (χ2v) is 5.98. The van der Waals surface area contributed by atoms with E-state index in [1.165, 1.54) is 29.0 Å². The Labute approximate surface area is 109 Å². The van der Waals surface area contributed by atoms with Crippen molar-refractivity contribution in [2.24, 2.45) is 5.73 Å². The molecule has 0 aliphatic carbocycles. The normalized spacial score (nSPS) is 14.8. The van der Waals surface area contributed by atoms with Gasteiger partial charge in [-0.25, -0.2) is 0 Å². The molecule has 0 aromatic carbocycles. The molecule has 2 unspecified atom stereocenters. The van der Waals surface area contributed by atoms with Gasteiger partial charge < -0.3 is 10.5 Å². The van der Waals surface area contributed by atoms with Gasteiger partial charge in [0.25, 0.3) is 0 Å². The van der Waals surface area contributed by atoms with Crippen molar-refractivity contribution in [2.75, 3.05) is 6.61 Å². The number of thiophene rings is 1. The summed E-state index contributed by atoms with van der Waals surface area (Å²) in [5.41, 5.74) is 6.00. The largest absolute Gasteiger partial charge is 0.371 e. The molecule has 17 heavy (non-hydrogen) atoms. The molecule has 0 spiro atoms. The highest BCUT2D eigenvalue weighted by Crippen LogP contribution is 2.27. The molecule has 1 aromatic rings. The van der Waals surface area contributed by atoms with Crippen LogP contribution in [-0.2, 0) is 4.74 Å². The summed E-state index contributed by atoms with van der Waals surface area (Å²) in [7, 11) is 0. The molecule has 2 atom stereocenters. The first-order valence-electron chi connectivity index (χ1n) is 6.58. The minimum atomic E-state index is 0.0548. The second-order valence-electron chi connectivity index (χ2n) is 4.66. The van der Waals surface area contributed by atoms with Crippen LogP contribution in [0.2, 0.25) is 0 Å². The third kappa shape index (κ3) is 5.19. The SMILES string of the molecule is CCCCCCOC(c1ccc(C)s1)C(C)N. The number of hydrogen-bond acceptors (Lipinski definition) is 3. The monoisotopic (exact) mass is 255 g/mol. The first kappa shape index (κ1) is 14.7. The quantitative estimate of drug-likeness (QED) is 0.711. The van der Waals surface area contributed by atoms with Gasteiger partial charge in [0.1, 0.15) is 6.10 Å². The third-order valence-corrected chi connectivity index (χ3v) is 3.88. The van der Waals surface area contributed by atoms with Crippen molar-refractivity contribution in [3.05, 3.63) is 21.9 Å². The van der Waals surface area contributed by atoms with Crippen LogP contribution in [0.5, 0.6) is 0 Å². The van der Waals surface area contributed by atoms with Gasteiger partial charge >= 0.3 is 0 Å². The van der Waals surface area contributed by atoms with Crippen LogP contribution in [-0.4, -0.2) is 12.6 Å². The molecule has 98 valence electrons. The van der Waals surface area contributed by atoms with Crippen LogP contribution in [0.3, 0.4) is 0 Å². The summed E-state index contributed by atoms with van der Waals surface area (Å²) in [6.45, 7) is 7.18. The van der Waals surface area contributed by atoms with Crippen LogP contribution in [0.25, 0.3) is 0 Å². The lowest BCUT2D eigenvalue weighted by Crippen LogP contribution is -2.26. The van der Waals surface area contributed by atoms with Crippen molar-refractivity contribution >= 4 is 11.3 Å². The van der Waals surface area contributed by atoms with Gasteiger partial charge in [-0.3, -0.25) is 0 Å². The molecule has 1 heterocycles. The van der Waals surface area contributed by atoms with Crippen LogP contribution in [0.4, 0.5) is 0 Å². The zero-order valence-corrected chi connectivity index (χ0v) is 12.1. The van der Waals surface area contributed by atoms with E-state index in [9.17, 15) is 0 Å². The second kappa shape index (κ2) is 7.85. The van der Waals surface area contributed by atoms with Crippen molar-refractivity contribution in [1.29, 1.82) is 0 Å². The molecule has 0 amide bonds. The Morgan fingerprint density at radius 3 is 2.59 bits per heavy atom. The number of rotatable bonds is 8. The summed E-state index contributed by atoms with van der Waals surface area (Å²) >= 11 is 1.79. The molecule has 0 aliphatic rings. The third-order valence-electron chi connectivity index (χ3n) is 2.81. The van der Waals surface area contributed by atoms with Gasteiger partial charge in [-0.15, -0.1) is 11.3 Å². The lowest BCUT2D eigenvalue weighted by Gasteiger charge is -2.20. The standard InChI is InChI=1S/C14H25NOS/c1-4-5-6-7-10-16-14(12(3)15)13-9-8-11(2)17-13/h8-9,12,14H,4-7,10,15H2,1-3H3. The van der Waals surface area contributed by atoms with E-state index in [0.29, 0.717) is 0 Å². The molecule has 0 aliphatic heterocycles. The average molecular weight is 255 g/mol. The molecular weight excluding hydrogens is 230 g/mol. The van der Waals surface area contributed by atoms with Crippen LogP contribution in [0, 0.1) is 6.92 Å². The highest BCUT2D eigenvalue weighted by atomic mass is 32.1. The van der Waals surface area contributed by atoms with Gasteiger partial charge in [0, 0.05) is 22.4 Å². The lowest BCUT2D eigenvalue weighted by molar-refractivity contribution is 0.0382. The Hall–Kier alpha value is -0.380. The molecule has 0 saturated carbocycles. The van der Waals surface area contributed by atoms with Crippen LogP contribution < -0.4 is 5.73 Å². The maximum absolute atomic E-state index is 6.00. The number of hydrogen-bond donors (Lipinski definition) is 1. The van der Waals surface area contributed by atoms with Crippen LogP contribution in [0.15, 0.2) is 12.1 Å². The van der Waals surface area contributed by atoms with Gasteiger partial charge in [-0.1, -0.05) is 26.2 Å². The highest BCUT2D eigenvalue weighted by molar-refractivity contribution is 7.12. The lowest BCUT2D eigenvalue weighted by atomic mass is 10.1. The molecule has 0 radical (unpaired) electrons. The fraction of sp³-hybridized carbons (Fsp3) is 0.714. The smallest absolute Gasteiger partial charge is 0.106 e. The number of ether oxygens (including phenoxy) is 1. The Balaban J connectivity index is 2.39. The molecule has 2 nitrogen and oxygen atoms in total. The number of unbranched alkanes of at least 4 members (excludes halogenated alkanes) is 3. The molecule has 0 bridgehead atoms.